The number of fused-ring (bicyclic) bond motifs is 1. The summed E-state index contributed by atoms with van der Waals surface area (Å²) < 4.78 is 39.3. The molecule has 2 heterocycles. The Morgan fingerprint density at radius 2 is 1.85 bits per heavy atom. The van der Waals surface area contributed by atoms with Gasteiger partial charge in [0.2, 0.25) is 0 Å². The van der Waals surface area contributed by atoms with E-state index in [-0.39, 0.29) is 15.2 Å². The summed E-state index contributed by atoms with van der Waals surface area (Å²) in [6.07, 6.45) is 2.94. The Labute approximate surface area is 192 Å². The summed E-state index contributed by atoms with van der Waals surface area (Å²) in [5, 5.41) is 13.5. The van der Waals surface area contributed by atoms with Crippen LogP contribution < -0.4 is 15.9 Å². The standard InChI is InChI=1S/C21H26F3N5O3S/c22-21(23,24)15-12-16-18(17(13-15)29(31)32)33-20(26-19(16)30)27-8-10-28(11-9-27)25-7-6-14-4-2-1-3-5-14/h12-14,25H,1-11H2. The van der Waals surface area contributed by atoms with Crippen molar-refractivity contribution in [2.75, 3.05) is 37.6 Å². The normalized spacial score (nSPS) is 18.7. The summed E-state index contributed by atoms with van der Waals surface area (Å²) in [4.78, 5) is 28.9. The highest BCUT2D eigenvalue weighted by molar-refractivity contribution is 7.22. The van der Waals surface area contributed by atoms with Crippen LogP contribution in [0.15, 0.2) is 16.9 Å². The van der Waals surface area contributed by atoms with Crippen molar-refractivity contribution in [3.05, 3.63) is 38.2 Å². The van der Waals surface area contributed by atoms with Gasteiger partial charge in [0.25, 0.3) is 11.2 Å². The van der Waals surface area contributed by atoms with Crippen LogP contribution in [0.2, 0.25) is 0 Å². The highest BCUT2D eigenvalue weighted by Crippen LogP contribution is 2.38. The summed E-state index contributed by atoms with van der Waals surface area (Å²) in [5.74, 6) is 0.792. The lowest BCUT2D eigenvalue weighted by atomic mass is 9.87. The average Bonchev–Trinajstić information content (AvgIpc) is 2.79. The van der Waals surface area contributed by atoms with Crippen LogP contribution in [0.4, 0.5) is 24.0 Å². The zero-order chi connectivity index (χ0) is 23.6. The number of nitrogens with zero attached hydrogens (tertiary/aromatic N) is 4. The average molecular weight is 486 g/mol. The van der Waals surface area contributed by atoms with E-state index < -0.39 is 27.9 Å². The van der Waals surface area contributed by atoms with E-state index in [2.05, 4.69) is 15.4 Å². The number of alkyl halides is 3. The summed E-state index contributed by atoms with van der Waals surface area (Å²) in [7, 11) is 0. The molecule has 12 heteroatoms. The van der Waals surface area contributed by atoms with Crippen LogP contribution in [0.5, 0.6) is 0 Å². The maximum atomic E-state index is 13.1. The first-order valence-corrected chi connectivity index (χ1v) is 12.0. The predicted molar refractivity (Wildman–Crippen MR) is 121 cm³/mol. The SMILES string of the molecule is O=c1nc(N2CCN(NCCC3CCCCC3)CC2)sc2c([N+](=O)[O-])cc(C(F)(F)F)cc12. The number of hydrogen-bond donors (Lipinski definition) is 1. The van der Waals surface area contributed by atoms with Gasteiger partial charge in [0.1, 0.15) is 4.70 Å². The number of benzene rings is 1. The highest BCUT2D eigenvalue weighted by atomic mass is 32.1. The summed E-state index contributed by atoms with van der Waals surface area (Å²) in [6.45, 7) is 3.39. The van der Waals surface area contributed by atoms with Gasteiger partial charge in [-0.1, -0.05) is 43.4 Å². The van der Waals surface area contributed by atoms with Crippen LogP contribution in [-0.2, 0) is 6.18 Å². The molecule has 33 heavy (non-hydrogen) atoms. The number of rotatable bonds is 6. The van der Waals surface area contributed by atoms with Gasteiger partial charge in [0, 0.05) is 38.8 Å². The quantitative estimate of drug-likeness (QED) is 0.485. The van der Waals surface area contributed by atoms with E-state index in [0.717, 1.165) is 30.2 Å². The third-order valence-electron chi connectivity index (χ3n) is 6.38. The first-order valence-electron chi connectivity index (χ1n) is 11.2. The Hall–Kier alpha value is -2.31. The smallest absolute Gasteiger partial charge is 0.345 e. The number of halogens is 3. The van der Waals surface area contributed by atoms with Crippen molar-refractivity contribution in [3.63, 3.8) is 0 Å². The lowest BCUT2D eigenvalue weighted by Crippen LogP contribution is -2.52. The largest absolute Gasteiger partial charge is 0.416 e. The molecule has 2 aliphatic rings. The minimum atomic E-state index is -4.80. The predicted octanol–water partition coefficient (Wildman–Crippen LogP) is 4.18. The number of anilines is 1. The second kappa shape index (κ2) is 9.90. The molecule has 1 aromatic carbocycles. The fourth-order valence-corrected chi connectivity index (χ4v) is 5.65. The molecule has 4 rings (SSSR count). The summed E-state index contributed by atoms with van der Waals surface area (Å²) >= 11 is 0.887. The topological polar surface area (TPSA) is 91.6 Å². The number of nitro groups is 1. The molecule has 8 nitrogen and oxygen atoms in total. The van der Waals surface area contributed by atoms with Crippen LogP contribution in [-0.4, -0.2) is 47.6 Å². The van der Waals surface area contributed by atoms with E-state index in [4.69, 9.17) is 0 Å². The summed E-state index contributed by atoms with van der Waals surface area (Å²) in [6, 6.07) is 1.13. The minimum Gasteiger partial charge on any atom is -0.345 e. The number of aromatic nitrogens is 1. The molecule has 2 fully saturated rings. The monoisotopic (exact) mass is 485 g/mol. The van der Waals surface area contributed by atoms with Crippen molar-refractivity contribution in [1.82, 2.24) is 15.4 Å². The maximum absolute atomic E-state index is 13.1. The molecule has 1 aliphatic heterocycles. The van der Waals surface area contributed by atoms with Gasteiger partial charge in [-0.05, 0) is 18.4 Å². The molecule has 0 atom stereocenters. The molecule has 1 saturated carbocycles. The molecule has 1 aromatic heterocycles. The zero-order valence-corrected chi connectivity index (χ0v) is 18.9. The third-order valence-corrected chi connectivity index (χ3v) is 7.54. The van der Waals surface area contributed by atoms with Gasteiger partial charge in [-0.15, -0.1) is 0 Å². The molecule has 0 radical (unpaired) electrons. The van der Waals surface area contributed by atoms with Gasteiger partial charge in [0.05, 0.1) is 15.9 Å². The van der Waals surface area contributed by atoms with Gasteiger partial charge in [0.15, 0.2) is 5.13 Å². The first kappa shape index (κ1) is 23.8. The lowest BCUT2D eigenvalue weighted by molar-refractivity contribution is -0.383. The Kier molecular flexibility index (Phi) is 7.15. The molecule has 2 aromatic rings. The molecule has 0 spiro atoms. The number of nitrogens with one attached hydrogen (secondary N) is 1. The molecule has 1 N–H and O–H groups in total. The Balaban J connectivity index is 1.45. The van der Waals surface area contributed by atoms with Crippen LogP contribution in [0.1, 0.15) is 44.1 Å². The van der Waals surface area contributed by atoms with E-state index in [1.165, 1.54) is 32.1 Å². The van der Waals surface area contributed by atoms with Crippen molar-refractivity contribution in [2.45, 2.75) is 44.7 Å². The second-order valence-electron chi connectivity index (χ2n) is 8.60. The van der Waals surface area contributed by atoms with Gasteiger partial charge in [-0.3, -0.25) is 20.3 Å². The van der Waals surface area contributed by atoms with Gasteiger partial charge < -0.3 is 4.90 Å². The molecular formula is C21H26F3N5O3S. The Morgan fingerprint density at radius 3 is 2.48 bits per heavy atom. The molecule has 180 valence electrons. The van der Waals surface area contributed by atoms with Gasteiger partial charge in [-0.2, -0.15) is 18.2 Å². The fourth-order valence-electron chi connectivity index (χ4n) is 4.53. The summed E-state index contributed by atoms with van der Waals surface area (Å²) in [5.41, 5.74) is 0.614. The van der Waals surface area contributed by atoms with Gasteiger partial charge in [-0.25, -0.2) is 5.01 Å². The molecule has 0 amide bonds. The van der Waals surface area contributed by atoms with E-state index in [1.54, 1.807) is 0 Å². The third kappa shape index (κ3) is 5.61. The van der Waals surface area contributed by atoms with Crippen molar-refractivity contribution in [1.29, 1.82) is 0 Å². The Morgan fingerprint density at radius 1 is 1.15 bits per heavy atom. The fraction of sp³-hybridized carbons (Fsp3) is 0.619. The van der Waals surface area contributed by atoms with E-state index >= 15 is 0 Å². The van der Waals surface area contributed by atoms with Crippen LogP contribution in [0.3, 0.4) is 0 Å². The number of piperazine rings is 1. The van der Waals surface area contributed by atoms with E-state index in [0.29, 0.717) is 38.3 Å². The lowest BCUT2D eigenvalue weighted by Gasteiger charge is -2.35. The number of hydrazine groups is 1. The van der Waals surface area contributed by atoms with E-state index in [1.807, 2.05) is 4.90 Å². The highest BCUT2D eigenvalue weighted by Gasteiger charge is 2.34. The van der Waals surface area contributed by atoms with Crippen molar-refractivity contribution >= 4 is 32.2 Å². The molecule has 0 bridgehead atoms. The zero-order valence-electron chi connectivity index (χ0n) is 18.1. The van der Waals surface area contributed by atoms with Crippen LogP contribution in [0, 0.1) is 16.0 Å². The molecule has 0 unspecified atom stereocenters. The van der Waals surface area contributed by atoms with Crippen molar-refractivity contribution in [2.24, 2.45) is 5.92 Å². The number of non-ortho nitro benzene ring substituents is 1. The number of nitro benzene ring substituents is 1. The van der Waals surface area contributed by atoms with Crippen molar-refractivity contribution in [3.8, 4) is 0 Å². The minimum absolute atomic E-state index is 0.0870. The van der Waals surface area contributed by atoms with Crippen molar-refractivity contribution < 1.29 is 18.1 Å². The maximum Gasteiger partial charge on any atom is 0.416 e. The molecule has 1 saturated heterocycles. The van der Waals surface area contributed by atoms with Crippen LogP contribution in [0.25, 0.3) is 10.1 Å². The molecule has 1 aliphatic carbocycles. The Bertz CT molecular complexity index is 1060. The van der Waals surface area contributed by atoms with Gasteiger partial charge >= 0.3 is 6.18 Å². The molecular weight excluding hydrogens is 459 g/mol. The number of hydrogen-bond acceptors (Lipinski definition) is 8. The first-order chi connectivity index (χ1) is 15.7. The second-order valence-corrected chi connectivity index (χ2v) is 9.58. The van der Waals surface area contributed by atoms with E-state index in [9.17, 15) is 28.1 Å². The van der Waals surface area contributed by atoms with Crippen LogP contribution >= 0.6 is 11.3 Å².